The Balaban J connectivity index is 1.18. The molecule has 12 atom stereocenters. The molecular formula is C68H84O11SSi2. The van der Waals surface area contributed by atoms with Crippen molar-refractivity contribution in [1.29, 1.82) is 0 Å². The first kappa shape index (κ1) is 61.2. The number of benzene rings is 5. The van der Waals surface area contributed by atoms with Crippen LogP contribution in [0, 0.1) is 5.92 Å². The quantitative estimate of drug-likeness (QED) is 0.0402. The zero-order valence-electron chi connectivity index (χ0n) is 49.1. The van der Waals surface area contributed by atoms with E-state index >= 15 is 13.2 Å². The SMILES string of the molecule is C=C=C(C)C[C@@H](C)CC[C@@H]1O[C@@H](CC(C(=O)CC2O[C@H]3[C@@H](O[Si](c4ccccc4)(c4ccccc4)C(C)(C)C)[C@H]4O[C@@H](CC(=O)O)CC[C@@H]4O[C@H]3[C@H]2O[Si](c2ccccc2)(c2ccccc2)C(C)(C)C)S(=O)(=O)c2ccccc2)CC1=C. The summed E-state index contributed by atoms with van der Waals surface area (Å²) >= 11 is 0. The summed E-state index contributed by atoms with van der Waals surface area (Å²) in [6.45, 7) is 25.6. The number of Topliss-reactive ketones (excluding diaryl/α,β-unsaturated/α-hetero) is 1. The van der Waals surface area contributed by atoms with Crippen LogP contribution in [0.5, 0.6) is 0 Å². The number of hydrogen-bond acceptors (Lipinski definition) is 10. The lowest BCUT2D eigenvalue weighted by Gasteiger charge is -2.53. The second kappa shape index (κ2) is 25.5. The second-order valence-corrected chi connectivity index (χ2v) is 36.0. The maximum absolute atomic E-state index is 15.9. The van der Waals surface area contributed by atoms with Crippen molar-refractivity contribution in [3.05, 3.63) is 182 Å². The molecule has 5 aromatic carbocycles. The van der Waals surface area contributed by atoms with E-state index in [1.807, 2.05) is 79.7 Å². The molecule has 0 spiro atoms. The van der Waals surface area contributed by atoms with Crippen LogP contribution in [0.3, 0.4) is 0 Å². The van der Waals surface area contributed by atoms with Crippen molar-refractivity contribution in [2.45, 2.75) is 194 Å². The van der Waals surface area contributed by atoms with Gasteiger partial charge in [0.2, 0.25) is 0 Å². The monoisotopic (exact) mass is 1160 g/mol. The summed E-state index contributed by atoms with van der Waals surface area (Å²) in [6, 6.07) is 49.4. The summed E-state index contributed by atoms with van der Waals surface area (Å²) in [4.78, 5) is 28.4. The van der Waals surface area contributed by atoms with Gasteiger partial charge in [0.05, 0.1) is 41.8 Å². The number of ketones is 1. The van der Waals surface area contributed by atoms with E-state index in [1.165, 1.54) is 0 Å². The number of carboxylic acids is 1. The number of rotatable bonds is 22. The largest absolute Gasteiger partial charge is 0.481 e. The van der Waals surface area contributed by atoms with Gasteiger partial charge in [0, 0.05) is 6.42 Å². The highest BCUT2D eigenvalue weighted by molar-refractivity contribution is 7.92. The van der Waals surface area contributed by atoms with Crippen molar-refractivity contribution < 1.29 is 50.9 Å². The minimum absolute atomic E-state index is 0.0431. The van der Waals surface area contributed by atoms with Crippen molar-refractivity contribution in [2.75, 3.05) is 0 Å². The Hall–Kier alpha value is -5.36. The molecule has 1 N–H and O–H groups in total. The fourth-order valence-corrected chi connectivity index (χ4v) is 24.8. The zero-order chi connectivity index (χ0) is 58.6. The van der Waals surface area contributed by atoms with E-state index in [0.29, 0.717) is 31.6 Å². The lowest BCUT2D eigenvalue weighted by Crippen LogP contribution is -2.73. The standard InChI is InChI=1S/C68H84O11SSi2/c1-11-46(2)41-47(3)37-39-57-48(4)42-50(74-57)43-60(80(72,73)51-27-17-12-18-28-51)56(69)45-59-63(78-81(67(5,6)7,52-29-19-13-20-30-52)53-31-21-14-22-32-53)64-65(77-59)66(62-58(76-64)40-38-49(75-62)44-61(70)71)79-82(68(8,9)10,54-33-23-15-24-34-54)55-35-25-16-26-36-55/h12-36,47,49-50,57-60,62-66H,1,4,37-45H2,2-3,5-10H3,(H,70,71)/t47-,49+,50+,57-,58-,59?,60?,62-,63-,64-,65+,66-/m0/s1. The molecule has 4 heterocycles. The van der Waals surface area contributed by atoms with Crippen LogP contribution in [-0.4, -0.2) is 108 Å². The Labute approximate surface area is 489 Å². The fraction of sp³-hybridized carbons (Fsp3) is 0.456. The first-order chi connectivity index (χ1) is 39.1. The molecule has 436 valence electrons. The molecule has 0 saturated carbocycles. The van der Waals surface area contributed by atoms with Crippen LogP contribution in [-0.2, 0) is 47.2 Å². The first-order valence-corrected chi connectivity index (χ1v) is 34.7. The van der Waals surface area contributed by atoms with E-state index in [0.717, 1.165) is 44.7 Å². The Kier molecular flexibility index (Phi) is 19.0. The van der Waals surface area contributed by atoms with E-state index < -0.39 is 108 Å². The van der Waals surface area contributed by atoms with Gasteiger partial charge in [0.25, 0.3) is 16.6 Å². The topological polar surface area (TPSA) is 144 Å². The molecule has 2 unspecified atom stereocenters. The third-order valence-corrected chi connectivity index (χ3v) is 29.7. The molecular weight excluding hydrogens is 1080 g/mol. The van der Waals surface area contributed by atoms with Crippen LogP contribution >= 0.6 is 0 Å². The molecule has 82 heavy (non-hydrogen) atoms. The molecule has 0 amide bonds. The summed E-state index contributed by atoms with van der Waals surface area (Å²) < 4.78 is 75.5. The Morgan fingerprint density at radius 3 is 1.61 bits per heavy atom. The van der Waals surface area contributed by atoms with Crippen molar-refractivity contribution in [2.24, 2.45) is 5.92 Å². The number of sulfone groups is 1. The molecule has 4 aliphatic rings. The van der Waals surface area contributed by atoms with E-state index in [4.69, 9.17) is 27.8 Å². The third-order valence-electron chi connectivity index (χ3n) is 17.5. The van der Waals surface area contributed by atoms with E-state index in [1.54, 1.807) is 30.3 Å². The van der Waals surface area contributed by atoms with Gasteiger partial charge in [0.1, 0.15) is 35.8 Å². The Morgan fingerprint density at radius 1 is 0.659 bits per heavy atom. The van der Waals surface area contributed by atoms with Crippen molar-refractivity contribution in [3.63, 3.8) is 0 Å². The van der Waals surface area contributed by atoms with Gasteiger partial charge in [-0.05, 0) is 112 Å². The third kappa shape index (κ3) is 12.7. The molecule has 4 saturated heterocycles. The fourth-order valence-electron chi connectivity index (χ4n) is 13.6. The van der Waals surface area contributed by atoms with Crippen LogP contribution in [0.25, 0.3) is 0 Å². The normalized spacial score (nSPS) is 25.8. The molecule has 4 aliphatic heterocycles. The smallest absolute Gasteiger partial charge is 0.305 e. The summed E-state index contributed by atoms with van der Waals surface area (Å²) in [5, 5.41) is 11.7. The van der Waals surface area contributed by atoms with Gasteiger partial charge >= 0.3 is 5.97 Å². The summed E-state index contributed by atoms with van der Waals surface area (Å²) in [6.07, 6.45) is -4.43. The molecule has 0 bridgehead atoms. The predicted octanol–water partition coefficient (Wildman–Crippen LogP) is 10.9. The van der Waals surface area contributed by atoms with E-state index in [9.17, 15) is 9.90 Å². The number of aliphatic carboxylic acids is 1. The summed E-state index contributed by atoms with van der Waals surface area (Å²) in [5.74, 6) is -1.14. The van der Waals surface area contributed by atoms with Crippen molar-refractivity contribution in [1.82, 2.24) is 0 Å². The number of fused-ring (bicyclic) bond motifs is 2. The van der Waals surface area contributed by atoms with Crippen molar-refractivity contribution in [3.8, 4) is 0 Å². The average molecular weight is 1170 g/mol. The maximum atomic E-state index is 15.9. The minimum Gasteiger partial charge on any atom is -0.481 e. The Bertz CT molecular complexity index is 3060. The van der Waals surface area contributed by atoms with Crippen LogP contribution in [0.1, 0.15) is 113 Å². The lowest BCUT2D eigenvalue weighted by molar-refractivity contribution is -0.255. The number of ether oxygens (including phenoxy) is 4. The van der Waals surface area contributed by atoms with Crippen molar-refractivity contribution >= 4 is 59.0 Å². The zero-order valence-corrected chi connectivity index (χ0v) is 51.9. The number of carbonyl (C=O) groups is 2. The second-order valence-electron chi connectivity index (χ2n) is 25.4. The summed E-state index contributed by atoms with van der Waals surface area (Å²) in [5.41, 5.74) is 4.98. The number of allylic oxidation sites excluding steroid dienone is 1. The average Bonchev–Trinajstić information content (AvgIpc) is 2.60. The molecule has 0 radical (unpaired) electrons. The van der Waals surface area contributed by atoms with Gasteiger partial charge in [-0.15, -0.1) is 5.73 Å². The van der Waals surface area contributed by atoms with E-state index in [-0.39, 0.29) is 30.3 Å². The van der Waals surface area contributed by atoms with Gasteiger partial charge in [-0.25, -0.2) is 8.42 Å². The van der Waals surface area contributed by atoms with Gasteiger partial charge in [-0.1, -0.05) is 201 Å². The van der Waals surface area contributed by atoms with Crippen LogP contribution in [0.2, 0.25) is 10.1 Å². The molecule has 5 aromatic rings. The minimum atomic E-state index is -4.32. The highest BCUT2D eigenvalue weighted by Crippen LogP contribution is 2.49. The van der Waals surface area contributed by atoms with Gasteiger partial charge in [0.15, 0.2) is 15.6 Å². The van der Waals surface area contributed by atoms with E-state index in [2.05, 4.69) is 116 Å². The predicted molar refractivity (Wildman–Crippen MR) is 328 cm³/mol. The highest BCUT2D eigenvalue weighted by atomic mass is 32.2. The first-order valence-electron chi connectivity index (χ1n) is 29.3. The number of carboxylic acid groups (broad SMARTS) is 1. The van der Waals surface area contributed by atoms with Gasteiger partial charge in [-0.3, -0.25) is 9.59 Å². The maximum Gasteiger partial charge on any atom is 0.305 e. The molecule has 11 nitrogen and oxygen atoms in total. The molecule has 0 aliphatic carbocycles. The van der Waals surface area contributed by atoms with Gasteiger partial charge in [-0.2, -0.15) is 0 Å². The lowest BCUT2D eigenvalue weighted by atomic mass is 9.87. The van der Waals surface area contributed by atoms with Crippen LogP contribution < -0.4 is 20.7 Å². The highest BCUT2D eigenvalue weighted by Gasteiger charge is 2.65. The van der Waals surface area contributed by atoms with Crippen LogP contribution in [0.15, 0.2) is 187 Å². The molecule has 4 fully saturated rings. The van der Waals surface area contributed by atoms with Crippen LogP contribution in [0.4, 0.5) is 0 Å². The molecule has 9 rings (SSSR count). The molecule has 0 aromatic heterocycles. The number of hydrogen-bond donors (Lipinski definition) is 1. The summed E-state index contributed by atoms with van der Waals surface area (Å²) in [7, 11) is -11.3. The Morgan fingerprint density at radius 2 is 1.13 bits per heavy atom. The van der Waals surface area contributed by atoms with Gasteiger partial charge < -0.3 is 32.9 Å². The number of carbonyl (C=O) groups excluding carboxylic acids is 1. The molecule has 14 heteroatoms.